The van der Waals surface area contributed by atoms with Gasteiger partial charge in [-0.3, -0.25) is 9.59 Å². The van der Waals surface area contributed by atoms with E-state index in [9.17, 15) is 9.59 Å². The summed E-state index contributed by atoms with van der Waals surface area (Å²) in [5, 5.41) is 3.96. The number of nitrogens with one attached hydrogen (secondary N) is 1. The first-order chi connectivity index (χ1) is 14.5. The van der Waals surface area contributed by atoms with E-state index < -0.39 is 0 Å². The van der Waals surface area contributed by atoms with E-state index in [1.54, 1.807) is 6.08 Å². The van der Waals surface area contributed by atoms with E-state index in [0.29, 0.717) is 29.7 Å². The molecule has 0 saturated heterocycles. The minimum Gasteiger partial charge on any atom is -0.493 e. The Morgan fingerprint density at radius 2 is 2.13 bits per heavy atom. The Labute approximate surface area is 183 Å². The summed E-state index contributed by atoms with van der Waals surface area (Å²) in [5.74, 6) is 1.11. The maximum Gasteiger partial charge on any atom is 0.261 e. The molecule has 1 saturated carbocycles. The highest BCUT2D eigenvalue weighted by atomic mass is 32.1. The van der Waals surface area contributed by atoms with Crippen molar-refractivity contribution in [2.45, 2.75) is 40.0 Å². The Balaban J connectivity index is 1.99. The molecule has 0 aliphatic heterocycles. The number of thiophene rings is 1. The molecule has 1 heterocycles. The Morgan fingerprint density at radius 3 is 2.77 bits per heavy atom. The third kappa shape index (κ3) is 7.67. The second kappa shape index (κ2) is 12.2. The summed E-state index contributed by atoms with van der Waals surface area (Å²) in [6.07, 6.45) is 15.1. The van der Waals surface area contributed by atoms with Crippen molar-refractivity contribution >= 4 is 28.5 Å². The van der Waals surface area contributed by atoms with E-state index >= 15 is 0 Å². The van der Waals surface area contributed by atoms with Crippen molar-refractivity contribution in [3.63, 3.8) is 0 Å². The first-order valence-electron chi connectivity index (χ1n) is 10.4. The molecule has 0 aromatic carbocycles. The molecule has 2 rings (SSSR count). The lowest BCUT2D eigenvalue weighted by molar-refractivity contribution is -0.104. The second-order valence-electron chi connectivity index (χ2n) is 7.37. The van der Waals surface area contributed by atoms with Crippen LogP contribution < -0.4 is 10.2 Å². The van der Waals surface area contributed by atoms with Gasteiger partial charge in [-0.1, -0.05) is 30.7 Å². The lowest BCUT2D eigenvalue weighted by atomic mass is 10.2. The molecule has 1 aliphatic carbocycles. The zero-order valence-electron chi connectivity index (χ0n) is 18.3. The van der Waals surface area contributed by atoms with Crippen LogP contribution in [0.3, 0.4) is 0 Å². The molecule has 0 radical (unpaired) electrons. The number of aryl methyl sites for hydroxylation is 1. The van der Waals surface area contributed by atoms with Gasteiger partial charge in [-0.25, -0.2) is 0 Å². The summed E-state index contributed by atoms with van der Waals surface area (Å²) in [6.45, 7) is 7.19. The third-order valence-corrected chi connectivity index (χ3v) is 6.12. The number of carbonyl (C=O) groups is 2. The van der Waals surface area contributed by atoms with E-state index in [-0.39, 0.29) is 5.91 Å². The van der Waals surface area contributed by atoms with Gasteiger partial charge in [0, 0.05) is 25.9 Å². The molecule has 0 spiro atoms. The van der Waals surface area contributed by atoms with Crippen molar-refractivity contribution in [3.05, 3.63) is 64.4 Å². The molecule has 30 heavy (non-hydrogen) atoms. The topological polar surface area (TPSA) is 58.6 Å². The summed E-state index contributed by atoms with van der Waals surface area (Å²) < 4.78 is 5.70. The lowest BCUT2D eigenvalue weighted by Crippen LogP contribution is -2.25. The van der Waals surface area contributed by atoms with E-state index in [0.717, 1.165) is 23.3 Å². The number of allylic oxidation sites excluding steroid dienone is 5. The Morgan fingerprint density at radius 1 is 1.37 bits per heavy atom. The molecule has 1 aromatic heterocycles. The van der Waals surface area contributed by atoms with Crippen LogP contribution in [0.25, 0.3) is 0 Å². The van der Waals surface area contributed by atoms with Gasteiger partial charge >= 0.3 is 0 Å². The molecule has 162 valence electrons. The predicted octanol–water partition coefficient (Wildman–Crippen LogP) is 5.16. The van der Waals surface area contributed by atoms with Crippen molar-refractivity contribution in [1.29, 1.82) is 0 Å². The summed E-state index contributed by atoms with van der Waals surface area (Å²) in [5.41, 5.74) is 2.12. The minimum atomic E-state index is -0.0599. The first kappa shape index (κ1) is 23.7. The average Bonchev–Trinajstić information content (AvgIpc) is 3.49. The minimum absolute atomic E-state index is 0.0599. The molecule has 6 heteroatoms. The number of anilines is 1. The Hall–Kier alpha value is -2.60. The molecule has 0 bridgehead atoms. The van der Waals surface area contributed by atoms with Gasteiger partial charge in [0.1, 0.15) is 12.0 Å². The van der Waals surface area contributed by atoms with Crippen LogP contribution in [0, 0.1) is 12.8 Å². The van der Waals surface area contributed by atoms with Crippen LogP contribution in [0.1, 0.15) is 48.3 Å². The SMILES string of the molecule is C/C=C\C=C(/CC)CNC(=O)c1sc(N(C)/C=C\C(=C/C=O)OCC2CC2)cc1C. The largest absolute Gasteiger partial charge is 0.493 e. The van der Waals surface area contributed by atoms with Crippen molar-refractivity contribution in [2.24, 2.45) is 5.92 Å². The van der Waals surface area contributed by atoms with E-state index in [1.807, 2.05) is 56.3 Å². The number of ether oxygens (including phenoxy) is 1. The zero-order chi connectivity index (χ0) is 21.9. The summed E-state index contributed by atoms with van der Waals surface area (Å²) in [6, 6.07) is 1.99. The van der Waals surface area contributed by atoms with Crippen molar-refractivity contribution in [2.75, 3.05) is 25.1 Å². The fourth-order valence-electron chi connectivity index (χ4n) is 2.65. The highest BCUT2D eigenvalue weighted by Gasteiger charge is 2.22. The highest BCUT2D eigenvalue weighted by Crippen LogP contribution is 2.31. The van der Waals surface area contributed by atoms with Crippen LogP contribution in [-0.2, 0) is 9.53 Å². The number of amides is 1. The van der Waals surface area contributed by atoms with Gasteiger partial charge in [0.2, 0.25) is 0 Å². The number of aldehydes is 1. The van der Waals surface area contributed by atoms with Crippen LogP contribution in [-0.4, -0.2) is 32.4 Å². The second-order valence-corrected chi connectivity index (χ2v) is 8.40. The van der Waals surface area contributed by atoms with Crippen LogP contribution in [0.4, 0.5) is 5.00 Å². The normalized spacial score (nSPS) is 15.1. The number of hydrogen-bond donors (Lipinski definition) is 1. The number of rotatable bonds is 12. The maximum absolute atomic E-state index is 12.7. The molecular formula is C24H32N2O3S. The molecule has 0 unspecified atom stereocenters. The van der Waals surface area contributed by atoms with Gasteiger partial charge in [0.05, 0.1) is 16.5 Å². The highest BCUT2D eigenvalue weighted by molar-refractivity contribution is 7.18. The van der Waals surface area contributed by atoms with Gasteiger partial charge < -0.3 is 15.0 Å². The summed E-state index contributed by atoms with van der Waals surface area (Å²) in [7, 11) is 1.91. The first-order valence-corrected chi connectivity index (χ1v) is 11.2. The predicted molar refractivity (Wildman–Crippen MR) is 125 cm³/mol. The molecule has 0 atom stereocenters. The third-order valence-electron chi connectivity index (χ3n) is 4.79. The summed E-state index contributed by atoms with van der Waals surface area (Å²) >= 11 is 1.45. The van der Waals surface area contributed by atoms with E-state index in [4.69, 9.17) is 4.74 Å². The van der Waals surface area contributed by atoms with Crippen molar-refractivity contribution in [1.82, 2.24) is 5.32 Å². The molecule has 1 aromatic rings. The van der Waals surface area contributed by atoms with Gasteiger partial charge in [-0.2, -0.15) is 0 Å². The van der Waals surface area contributed by atoms with E-state index in [1.165, 1.54) is 35.8 Å². The number of carbonyl (C=O) groups excluding carboxylic acids is 2. The van der Waals surface area contributed by atoms with Gasteiger partial charge in [0.25, 0.3) is 5.91 Å². The Bertz CT molecular complexity index is 845. The monoisotopic (exact) mass is 428 g/mol. The van der Waals surface area contributed by atoms with Crippen molar-refractivity contribution in [3.8, 4) is 0 Å². The van der Waals surface area contributed by atoms with Gasteiger partial charge in [-0.15, -0.1) is 11.3 Å². The smallest absolute Gasteiger partial charge is 0.261 e. The molecule has 5 nitrogen and oxygen atoms in total. The molecule has 1 aliphatic rings. The van der Waals surface area contributed by atoms with Crippen LogP contribution in [0.15, 0.2) is 54.0 Å². The lowest BCUT2D eigenvalue weighted by Gasteiger charge is -2.12. The molecule has 1 N–H and O–H groups in total. The van der Waals surface area contributed by atoms with Crippen LogP contribution in [0.5, 0.6) is 0 Å². The summed E-state index contributed by atoms with van der Waals surface area (Å²) in [4.78, 5) is 26.1. The van der Waals surface area contributed by atoms with E-state index in [2.05, 4.69) is 12.2 Å². The Kier molecular flexibility index (Phi) is 9.61. The molecular weight excluding hydrogens is 396 g/mol. The molecule has 1 fully saturated rings. The fraction of sp³-hybridized carbons (Fsp3) is 0.417. The average molecular weight is 429 g/mol. The zero-order valence-corrected chi connectivity index (χ0v) is 19.1. The fourth-order valence-corrected chi connectivity index (χ4v) is 3.68. The maximum atomic E-state index is 12.7. The number of nitrogens with zero attached hydrogens (tertiary/aromatic N) is 1. The standard InChI is InChI=1S/C24H32N2O3S/c1-5-7-8-19(6-2)16-25-24(28)23-18(3)15-22(30-23)26(4)13-11-21(12-14-27)29-17-20-9-10-20/h5,7-8,11-15,20H,6,9-10,16-17H2,1-4H3,(H,25,28)/b7-5-,13-11-,19-8+,21-12+. The molecule has 1 amide bonds. The van der Waals surface area contributed by atoms with Crippen LogP contribution >= 0.6 is 11.3 Å². The van der Waals surface area contributed by atoms with Gasteiger partial charge in [-0.05, 0) is 56.7 Å². The quantitative estimate of drug-likeness (QED) is 0.216. The van der Waals surface area contributed by atoms with Gasteiger partial charge in [0.15, 0.2) is 0 Å². The van der Waals surface area contributed by atoms with Crippen molar-refractivity contribution < 1.29 is 14.3 Å². The number of hydrogen-bond acceptors (Lipinski definition) is 5. The van der Waals surface area contributed by atoms with Crippen LogP contribution in [0.2, 0.25) is 0 Å².